The Morgan fingerprint density at radius 1 is 1.08 bits per heavy atom. The lowest BCUT2D eigenvalue weighted by atomic mass is 9.96. The first-order valence-corrected chi connectivity index (χ1v) is 8.61. The number of rotatable bonds is 4. The summed E-state index contributed by atoms with van der Waals surface area (Å²) in [6.07, 6.45) is 6.06. The second-order valence-electron chi connectivity index (χ2n) is 6.47. The van der Waals surface area contributed by atoms with Crippen molar-refractivity contribution in [2.24, 2.45) is 0 Å². The lowest BCUT2D eigenvalue weighted by Gasteiger charge is -2.23. The van der Waals surface area contributed by atoms with E-state index in [1.807, 2.05) is 38.1 Å². The molecule has 1 aromatic carbocycles. The summed E-state index contributed by atoms with van der Waals surface area (Å²) in [5, 5.41) is 6.32. The van der Waals surface area contributed by atoms with Gasteiger partial charge in [0.2, 0.25) is 5.95 Å². The van der Waals surface area contributed by atoms with Crippen LogP contribution in [0.1, 0.15) is 53.8 Å². The number of para-hydroxylation sites is 1. The highest BCUT2D eigenvalue weighted by Crippen LogP contribution is 2.21. The summed E-state index contributed by atoms with van der Waals surface area (Å²) in [7, 11) is 0. The molecule has 5 nitrogen and oxygen atoms in total. The number of carbonyl (C=O) groups is 1. The number of anilines is 2. The molecule has 0 bridgehead atoms. The molecule has 1 aromatic heterocycles. The van der Waals surface area contributed by atoms with E-state index < -0.39 is 0 Å². The van der Waals surface area contributed by atoms with E-state index in [2.05, 4.69) is 20.6 Å². The second kappa shape index (κ2) is 7.43. The fourth-order valence-corrected chi connectivity index (χ4v) is 3.08. The normalized spacial score (nSPS) is 15.1. The van der Waals surface area contributed by atoms with Crippen LogP contribution in [0.4, 0.5) is 11.6 Å². The molecular formula is C19H24N4O. The fourth-order valence-electron chi connectivity index (χ4n) is 3.08. The van der Waals surface area contributed by atoms with E-state index in [0.29, 0.717) is 17.7 Å². The summed E-state index contributed by atoms with van der Waals surface area (Å²) in [5.74, 6) is 0.346. The zero-order valence-corrected chi connectivity index (χ0v) is 14.3. The SMILES string of the molecule is Cc1cc(C(=O)Nc2ccccc2C)nc(NC2CCCCC2)n1. The molecule has 1 fully saturated rings. The van der Waals surface area contributed by atoms with Crippen LogP contribution in [-0.4, -0.2) is 21.9 Å². The molecule has 24 heavy (non-hydrogen) atoms. The molecule has 1 saturated carbocycles. The Morgan fingerprint density at radius 2 is 1.83 bits per heavy atom. The molecule has 0 spiro atoms. The van der Waals surface area contributed by atoms with E-state index in [4.69, 9.17) is 0 Å². The van der Waals surface area contributed by atoms with E-state index in [1.54, 1.807) is 6.07 Å². The van der Waals surface area contributed by atoms with Crippen LogP contribution in [-0.2, 0) is 0 Å². The number of amides is 1. The van der Waals surface area contributed by atoms with Crippen molar-refractivity contribution in [3.8, 4) is 0 Å². The number of aromatic nitrogens is 2. The Morgan fingerprint density at radius 3 is 2.58 bits per heavy atom. The zero-order valence-electron chi connectivity index (χ0n) is 14.3. The average Bonchev–Trinajstić information content (AvgIpc) is 2.57. The van der Waals surface area contributed by atoms with Gasteiger partial charge in [0.1, 0.15) is 5.69 Å². The van der Waals surface area contributed by atoms with E-state index in [-0.39, 0.29) is 5.91 Å². The van der Waals surface area contributed by atoms with Crippen LogP contribution in [0.3, 0.4) is 0 Å². The molecule has 1 amide bonds. The van der Waals surface area contributed by atoms with Crippen molar-refractivity contribution in [3.05, 3.63) is 47.3 Å². The molecule has 5 heteroatoms. The van der Waals surface area contributed by atoms with Gasteiger partial charge in [-0.15, -0.1) is 0 Å². The van der Waals surface area contributed by atoms with Gasteiger partial charge in [-0.2, -0.15) is 0 Å². The Labute approximate surface area is 142 Å². The molecule has 1 aliphatic carbocycles. The first-order chi connectivity index (χ1) is 11.6. The van der Waals surface area contributed by atoms with E-state index in [1.165, 1.54) is 19.3 Å². The quantitative estimate of drug-likeness (QED) is 0.889. The molecule has 0 aliphatic heterocycles. The van der Waals surface area contributed by atoms with Crippen LogP contribution in [0.5, 0.6) is 0 Å². The fraction of sp³-hybridized carbons (Fsp3) is 0.421. The van der Waals surface area contributed by atoms with Crippen LogP contribution in [0.2, 0.25) is 0 Å². The number of nitrogens with zero attached hydrogens (tertiary/aromatic N) is 2. The van der Waals surface area contributed by atoms with E-state index >= 15 is 0 Å². The average molecular weight is 324 g/mol. The Bertz CT molecular complexity index is 723. The predicted molar refractivity (Wildman–Crippen MR) is 96.4 cm³/mol. The maximum Gasteiger partial charge on any atom is 0.274 e. The van der Waals surface area contributed by atoms with Crippen molar-refractivity contribution in [2.45, 2.75) is 52.0 Å². The number of nitrogens with one attached hydrogen (secondary N) is 2. The molecule has 0 saturated heterocycles. The standard InChI is InChI=1S/C19H24N4O/c1-13-8-6-7-11-16(13)22-18(24)17-12-14(2)20-19(23-17)21-15-9-4-3-5-10-15/h6-8,11-12,15H,3-5,9-10H2,1-2H3,(H,22,24)(H,20,21,23). The number of aryl methyl sites for hydroxylation is 2. The smallest absolute Gasteiger partial charge is 0.274 e. The minimum absolute atomic E-state index is 0.207. The van der Waals surface area contributed by atoms with E-state index in [9.17, 15) is 4.79 Å². The molecule has 0 atom stereocenters. The predicted octanol–water partition coefficient (Wildman–Crippen LogP) is 4.09. The van der Waals surface area contributed by atoms with Crippen LogP contribution < -0.4 is 10.6 Å². The number of hydrogen-bond acceptors (Lipinski definition) is 4. The molecule has 126 valence electrons. The summed E-state index contributed by atoms with van der Waals surface area (Å²) >= 11 is 0. The lowest BCUT2D eigenvalue weighted by molar-refractivity contribution is 0.102. The van der Waals surface area contributed by atoms with Gasteiger partial charge in [0, 0.05) is 17.4 Å². The van der Waals surface area contributed by atoms with Crippen LogP contribution in [0.25, 0.3) is 0 Å². The third kappa shape index (κ3) is 4.10. The van der Waals surface area contributed by atoms with Gasteiger partial charge in [-0.25, -0.2) is 9.97 Å². The van der Waals surface area contributed by atoms with Gasteiger partial charge in [-0.05, 0) is 44.4 Å². The number of benzene rings is 1. The summed E-state index contributed by atoms with van der Waals surface area (Å²) in [6.45, 7) is 3.86. The monoisotopic (exact) mass is 324 g/mol. The highest BCUT2D eigenvalue weighted by molar-refractivity contribution is 6.03. The highest BCUT2D eigenvalue weighted by Gasteiger charge is 2.16. The Hall–Kier alpha value is -2.43. The van der Waals surface area contributed by atoms with Crippen LogP contribution >= 0.6 is 0 Å². The largest absolute Gasteiger partial charge is 0.351 e. The second-order valence-corrected chi connectivity index (χ2v) is 6.47. The summed E-state index contributed by atoms with van der Waals surface area (Å²) in [6, 6.07) is 9.85. The first kappa shape index (κ1) is 16.4. The molecule has 3 rings (SSSR count). The van der Waals surface area contributed by atoms with Crippen LogP contribution in [0, 0.1) is 13.8 Å². The van der Waals surface area contributed by atoms with Gasteiger partial charge in [0.05, 0.1) is 0 Å². The minimum Gasteiger partial charge on any atom is -0.351 e. The summed E-state index contributed by atoms with van der Waals surface area (Å²) < 4.78 is 0. The van der Waals surface area contributed by atoms with Crippen molar-refractivity contribution in [3.63, 3.8) is 0 Å². The van der Waals surface area contributed by atoms with Gasteiger partial charge in [0.25, 0.3) is 5.91 Å². The van der Waals surface area contributed by atoms with Crippen LogP contribution in [0.15, 0.2) is 30.3 Å². The molecule has 1 heterocycles. The number of hydrogen-bond donors (Lipinski definition) is 2. The molecule has 0 radical (unpaired) electrons. The van der Waals surface area contributed by atoms with Gasteiger partial charge < -0.3 is 10.6 Å². The third-order valence-corrected chi connectivity index (χ3v) is 4.42. The highest BCUT2D eigenvalue weighted by atomic mass is 16.1. The molecule has 1 aliphatic rings. The molecule has 2 aromatic rings. The maximum absolute atomic E-state index is 12.5. The molecular weight excluding hydrogens is 300 g/mol. The maximum atomic E-state index is 12.5. The third-order valence-electron chi connectivity index (χ3n) is 4.42. The van der Waals surface area contributed by atoms with Crippen molar-refractivity contribution in [2.75, 3.05) is 10.6 Å². The summed E-state index contributed by atoms with van der Waals surface area (Å²) in [4.78, 5) is 21.4. The van der Waals surface area contributed by atoms with Gasteiger partial charge >= 0.3 is 0 Å². The topological polar surface area (TPSA) is 66.9 Å². The van der Waals surface area contributed by atoms with Gasteiger partial charge in [0.15, 0.2) is 0 Å². The van der Waals surface area contributed by atoms with Gasteiger partial charge in [-0.3, -0.25) is 4.79 Å². The lowest BCUT2D eigenvalue weighted by Crippen LogP contribution is -2.24. The number of carbonyl (C=O) groups excluding carboxylic acids is 1. The van der Waals surface area contributed by atoms with Crippen molar-refractivity contribution in [1.29, 1.82) is 0 Å². The Kier molecular flexibility index (Phi) is 5.08. The minimum atomic E-state index is -0.207. The van der Waals surface area contributed by atoms with Crippen molar-refractivity contribution in [1.82, 2.24) is 9.97 Å². The van der Waals surface area contributed by atoms with Crippen molar-refractivity contribution < 1.29 is 4.79 Å². The zero-order chi connectivity index (χ0) is 16.9. The molecule has 2 N–H and O–H groups in total. The van der Waals surface area contributed by atoms with E-state index in [0.717, 1.165) is 29.8 Å². The van der Waals surface area contributed by atoms with Crippen molar-refractivity contribution >= 4 is 17.5 Å². The van der Waals surface area contributed by atoms with Gasteiger partial charge in [-0.1, -0.05) is 37.5 Å². The molecule has 0 unspecified atom stereocenters. The first-order valence-electron chi connectivity index (χ1n) is 8.61. The summed E-state index contributed by atoms with van der Waals surface area (Å²) in [5.41, 5.74) is 3.01. The Balaban J connectivity index is 1.75.